The van der Waals surface area contributed by atoms with Gasteiger partial charge in [-0.05, 0) is 64.2 Å². The second-order valence-electron chi connectivity index (χ2n) is 8.77. The van der Waals surface area contributed by atoms with E-state index in [9.17, 15) is 9.90 Å². The van der Waals surface area contributed by atoms with Crippen molar-refractivity contribution in [3.05, 3.63) is 101 Å². The zero-order valence-electron chi connectivity index (χ0n) is 20.2. The third-order valence-electron chi connectivity index (χ3n) is 6.70. The maximum absolute atomic E-state index is 12.9. The van der Waals surface area contributed by atoms with E-state index in [0.717, 1.165) is 37.4 Å². The maximum Gasteiger partial charge on any atom is 0.335 e. The van der Waals surface area contributed by atoms with E-state index in [-0.39, 0.29) is 5.57 Å². The Bertz CT molecular complexity index is 1640. The van der Waals surface area contributed by atoms with E-state index in [0.29, 0.717) is 18.2 Å². The molecule has 1 N–H and O–H groups in total. The van der Waals surface area contributed by atoms with Crippen LogP contribution >= 0.6 is 11.3 Å². The van der Waals surface area contributed by atoms with Crippen LogP contribution in [0.3, 0.4) is 0 Å². The molecule has 0 spiro atoms. The van der Waals surface area contributed by atoms with Crippen LogP contribution in [0.25, 0.3) is 20.5 Å². The number of carbonyl (C=O) groups is 1. The molecule has 184 valence electrons. The van der Waals surface area contributed by atoms with Gasteiger partial charge in [0.05, 0.1) is 19.2 Å². The number of allylic oxidation sites excluding steroid dienone is 1. The van der Waals surface area contributed by atoms with Crippen molar-refractivity contribution in [1.29, 1.82) is 0 Å². The smallest absolute Gasteiger partial charge is 0.335 e. The van der Waals surface area contributed by atoms with E-state index in [1.165, 1.54) is 0 Å². The highest BCUT2D eigenvalue weighted by atomic mass is 32.1. The van der Waals surface area contributed by atoms with Crippen molar-refractivity contribution >= 4 is 33.3 Å². The molecule has 5 aromatic rings. The number of rotatable bonds is 6. The van der Waals surface area contributed by atoms with Crippen LogP contribution in [0.4, 0.5) is 5.95 Å². The minimum atomic E-state index is -1.00. The Hall–Kier alpha value is -4.50. The fraction of sp³-hybridized carbons (Fsp3) is 0.143. The number of tetrazole rings is 1. The normalized spacial score (nSPS) is 15.2. The van der Waals surface area contributed by atoms with Crippen LogP contribution in [-0.4, -0.2) is 38.4 Å². The molecule has 0 saturated carbocycles. The fourth-order valence-electron chi connectivity index (χ4n) is 4.94. The molecule has 0 saturated heterocycles. The molecule has 3 aromatic carbocycles. The summed E-state index contributed by atoms with van der Waals surface area (Å²) >= 11 is 1.63. The maximum atomic E-state index is 12.9. The van der Waals surface area contributed by atoms with E-state index in [4.69, 9.17) is 4.74 Å². The zero-order chi connectivity index (χ0) is 25.5. The molecule has 0 amide bonds. The summed E-state index contributed by atoms with van der Waals surface area (Å²) in [6.07, 6.45) is 0. The summed E-state index contributed by atoms with van der Waals surface area (Å²) in [6.45, 7) is 2.28. The lowest BCUT2D eigenvalue weighted by Crippen LogP contribution is -2.36. The van der Waals surface area contributed by atoms with Gasteiger partial charge in [-0.2, -0.15) is 4.68 Å². The van der Waals surface area contributed by atoms with Crippen molar-refractivity contribution in [2.24, 2.45) is 0 Å². The molecule has 0 radical (unpaired) electrons. The van der Waals surface area contributed by atoms with Crippen molar-refractivity contribution in [3.8, 4) is 16.2 Å². The molecule has 3 heterocycles. The molecule has 1 aliphatic heterocycles. The van der Waals surface area contributed by atoms with E-state index >= 15 is 0 Å². The molecule has 1 atom stereocenters. The fourth-order valence-corrected chi connectivity index (χ4v) is 6.18. The molecule has 6 rings (SSSR count). The number of hydrogen-bond donors (Lipinski definition) is 1. The van der Waals surface area contributed by atoms with Crippen LogP contribution in [0.15, 0.2) is 90.1 Å². The molecule has 0 aliphatic carbocycles. The van der Waals surface area contributed by atoms with Gasteiger partial charge in [0.25, 0.3) is 5.95 Å². The minimum absolute atomic E-state index is 0.244. The van der Waals surface area contributed by atoms with Crippen LogP contribution in [0, 0.1) is 0 Å². The lowest BCUT2D eigenvalue weighted by Gasteiger charge is -2.34. The molecule has 2 aromatic heterocycles. The molecule has 0 bridgehead atoms. The van der Waals surface area contributed by atoms with Crippen LogP contribution in [0.2, 0.25) is 0 Å². The molecule has 8 nitrogen and oxygen atoms in total. The average Bonchev–Trinajstić information content (AvgIpc) is 3.56. The number of fused-ring (bicyclic) bond motifs is 2. The highest BCUT2D eigenvalue weighted by Gasteiger charge is 2.40. The Balaban J connectivity index is 1.59. The molecular formula is C28H23N5O3S. The first kappa shape index (κ1) is 22.9. The number of carboxylic acid groups (broad SMARTS) is 1. The number of ether oxygens (including phenoxy) is 1. The molecule has 1 unspecified atom stereocenters. The Kier molecular flexibility index (Phi) is 5.69. The number of methoxy groups -OCH3 is 1. The number of nitrogens with zero attached hydrogens (tertiary/aromatic N) is 5. The van der Waals surface area contributed by atoms with Crippen molar-refractivity contribution in [2.45, 2.75) is 19.5 Å². The van der Waals surface area contributed by atoms with Crippen LogP contribution in [0.1, 0.15) is 24.1 Å². The minimum Gasteiger partial charge on any atom is -0.497 e. The monoisotopic (exact) mass is 509 g/mol. The van der Waals surface area contributed by atoms with E-state index < -0.39 is 12.0 Å². The topological polar surface area (TPSA) is 93.4 Å². The highest BCUT2D eigenvalue weighted by molar-refractivity contribution is 7.22. The average molecular weight is 510 g/mol. The Morgan fingerprint density at radius 3 is 2.49 bits per heavy atom. The van der Waals surface area contributed by atoms with Crippen LogP contribution < -0.4 is 9.64 Å². The van der Waals surface area contributed by atoms with Crippen molar-refractivity contribution < 1.29 is 14.6 Å². The summed E-state index contributed by atoms with van der Waals surface area (Å²) in [4.78, 5) is 15.7. The third-order valence-corrected chi connectivity index (χ3v) is 7.94. The lowest BCUT2D eigenvalue weighted by molar-refractivity contribution is -0.133. The summed E-state index contributed by atoms with van der Waals surface area (Å²) in [5, 5.41) is 24.2. The molecule has 1 aliphatic rings. The van der Waals surface area contributed by atoms with Gasteiger partial charge in [0, 0.05) is 20.8 Å². The number of aliphatic carboxylic acids is 1. The largest absolute Gasteiger partial charge is 0.497 e. The van der Waals surface area contributed by atoms with E-state index in [1.807, 2.05) is 84.6 Å². The summed E-state index contributed by atoms with van der Waals surface area (Å²) < 4.78 is 8.05. The van der Waals surface area contributed by atoms with Crippen molar-refractivity contribution in [2.75, 3.05) is 12.0 Å². The SMILES string of the molecule is COc1ccc(-c2sc3ccccc3c2C2C(C(=O)O)=C(C)N(Cc3ccccc3)c3nnnn32)cc1. The first-order chi connectivity index (χ1) is 18.1. The van der Waals surface area contributed by atoms with E-state index in [1.54, 1.807) is 23.1 Å². The predicted octanol–water partition coefficient (Wildman–Crippen LogP) is 5.53. The first-order valence-corrected chi connectivity index (χ1v) is 12.6. The van der Waals surface area contributed by atoms with Gasteiger partial charge in [0.1, 0.15) is 11.8 Å². The van der Waals surface area contributed by atoms with Gasteiger partial charge in [-0.1, -0.05) is 53.6 Å². The van der Waals surface area contributed by atoms with Crippen molar-refractivity contribution in [3.63, 3.8) is 0 Å². The summed E-state index contributed by atoms with van der Waals surface area (Å²) in [7, 11) is 1.63. The standard InChI is InChI=1S/C28H23N5O3S/c1-17-23(27(34)35)25(33-28(29-30-31-33)32(17)16-18-8-4-3-5-9-18)24-21-10-6-7-11-22(21)37-26(24)19-12-14-20(36-2)15-13-19/h3-15,25H,16H2,1-2H3,(H,34,35). The second-order valence-corrected chi connectivity index (χ2v) is 9.82. The Morgan fingerprint density at radius 2 is 1.76 bits per heavy atom. The summed E-state index contributed by atoms with van der Waals surface area (Å²) in [5.41, 5.74) is 3.73. The lowest BCUT2D eigenvalue weighted by atomic mass is 9.91. The quantitative estimate of drug-likeness (QED) is 0.322. The first-order valence-electron chi connectivity index (χ1n) is 11.8. The van der Waals surface area contributed by atoms with E-state index in [2.05, 4.69) is 21.6 Å². The number of benzene rings is 3. The number of carboxylic acids is 1. The zero-order valence-corrected chi connectivity index (χ0v) is 21.0. The molecule has 9 heteroatoms. The van der Waals surface area contributed by atoms with Gasteiger partial charge in [-0.15, -0.1) is 11.3 Å². The number of anilines is 1. The van der Waals surface area contributed by atoms with Gasteiger partial charge >= 0.3 is 5.97 Å². The van der Waals surface area contributed by atoms with Gasteiger partial charge in [-0.25, -0.2) is 4.79 Å². The second kappa shape index (κ2) is 9.18. The van der Waals surface area contributed by atoms with Gasteiger partial charge in [0.2, 0.25) is 0 Å². The van der Waals surface area contributed by atoms with Crippen LogP contribution in [0.5, 0.6) is 5.75 Å². The number of aromatic nitrogens is 4. The van der Waals surface area contributed by atoms with Gasteiger partial charge in [-0.3, -0.25) is 0 Å². The molecule has 0 fully saturated rings. The van der Waals surface area contributed by atoms with Gasteiger partial charge < -0.3 is 14.7 Å². The summed E-state index contributed by atoms with van der Waals surface area (Å²) in [6, 6.07) is 25.0. The highest BCUT2D eigenvalue weighted by Crippen LogP contribution is 2.48. The Labute approximate surface area is 217 Å². The number of thiophene rings is 1. The van der Waals surface area contributed by atoms with Crippen LogP contribution in [-0.2, 0) is 11.3 Å². The number of hydrogen-bond acceptors (Lipinski definition) is 7. The summed E-state index contributed by atoms with van der Waals surface area (Å²) in [5.74, 6) is 0.260. The third kappa shape index (κ3) is 3.84. The molecular weight excluding hydrogens is 486 g/mol. The Morgan fingerprint density at radius 1 is 1.03 bits per heavy atom. The van der Waals surface area contributed by atoms with Gasteiger partial charge in [0.15, 0.2) is 0 Å². The predicted molar refractivity (Wildman–Crippen MR) is 143 cm³/mol. The molecule has 37 heavy (non-hydrogen) atoms. The van der Waals surface area contributed by atoms with Crippen molar-refractivity contribution in [1.82, 2.24) is 20.2 Å².